The molecular weight excluding hydrogens is 646 g/mol. The molecular formula is C38H46ClN3O7. The van der Waals surface area contributed by atoms with E-state index in [9.17, 15) is 24.3 Å². The predicted octanol–water partition coefficient (Wildman–Crippen LogP) is 5.15. The standard InChI is InChI=1S/C38H46ClN3O7/c1-3-5-15-31(44)40-25-30(26-13-9-8-10-14-26)48-37(47)32-29-20-21-38(49-29)33(32)35(45)42(23-11-6-7-12-24-43)34(38)36(46)41(22-4-2)28-18-16-27(39)17-19-28/h3-4,8-10,13-14,16-19,29-30,32-34,43H,1-2,5-7,11-12,15,20-25H2,(H,40,44)/t29-,30+,32+,33+,34-,38+/m0/s1. The molecule has 2 N–H and O–H groups in total. The highest BCUT2D eigenvalue weighted by atomic mass is 35.5. The third-order valence-corrected chi connectivity index (χ3v) is 10.1. The van der Waals surface area contributed by atoms with E-state index in [0.29, 0.717) is 54.9 Å². The quantitative estimate of drug-likeness (QED) is 0.126. The van der Waals surface area contributed by atoms with Gasteiger partial charge in [0.25, 0.3) is 5.91 Å². The molecule has 11 heteroatoms. The average Bonchev–Trinajstić information content (AvgIpc) is 3.75. The Bertz CT molecular complexity index is 1500. The zero-order valence-electron chi connectivity index (χ0n) is 27.8. The van der Waals surface area contributed by atoms with Gasteiger partial charge in [0.15, 0.2) is 0 Å². The summed E-state index contributed by atoms with van der Waals surface area (Å²) in [5, 5.41) is 12.6. The topological polar surface area (TPSA) is 125 Å². The smallest absolute Gasteiger partial charge is 0.313 e. The number of carbonyl (C=O) groups is 4. The maximum atomic E-state index is 14.7. The lowest BCUT2D eigenvalue weighted by molar-refractivity contribution is -0.160. The second kappa shape index (κ2) is 16.6. The molecule has 49 heavy (non-hydrogen) atoms. The molecule has 10 nitrogen and oxygen atoms in total. The van der Waals surface area contributed by atoms with Crippen LogP contribution >= 0.6 is 11.6 Å². The van der Waals surface area contributed by atoms with Crippen molar-refractivity contribution in [2.24, 2.45) is 11.8 Å². The van der Waals surface area contributed by atoms with Crippen molar-refractivity contribution in [3.05, 3.63) is 90.5 Å². The van der Waals surface area contributed by atoms with E-state index < -0.39 is 41.7 Å². The highest BCUT2D eigenvalue weighted by molar-refractivity contribution is 6.30. The summed E-state index contributed by atoms with van der Waals surface area (Å²) in [4.78, 5) is 59.0. The van der Waals surface area contributed by atoms with E-state index in [1.54, 1.807) is 46.2 Å². The predicted molar refractivity (Wildman–Crippen MR) is 187 cm³/mol. The molecule has 0 aromatic heterocycles. The number of nitrogens with one attached hydrogen (secondary N) is 1. The number of aliphatic hydroxyl groups excluding tert-OH is 1. The van der Waals surface area contributed by atoms with E-state index in [1.807, 2.05) is 30.3 Å². The highest BCUT2D eigenvalue weighted by Crippen LogP contribution is 2.59. The van der Waals surface area contributed by atoms with Gasteiger partial charge < -0.3 is 29.7 Å². The van der Waals surface area contributed by atoms with Crippen molar-refractivity contribution >= 4 is 41.0 Å². The van der Waals surface area contributed by atoms with Gasteiger partial charge in [-0.1, -0.05) is 66.9 Å². The first-order valence-electron chi connectivity index (χ1n) is 17.2. The lowest BCUT2D eigenvalue weighted by Crippen LogP contribution is -2.56. The Balaban J connectivity index is 1.44. The maximum Gasteiger partial charge on any atom is 0.313 e. The molecule has 0 radical (unpaired) electrons. The number of anilines is 1. The summed E-state index contributed by atoms with van der Waals surface area (Å²) in [6, 6.07) is 15.1. The van der Waals surface area contributed by atoms with Gasteiger partial charge in [-0.25, -0.2) is 0 Å². The second-order valence-electron chi connectivity index (χ2n) is 12.9. The summed E-state index contributed by atoms with van der Waals surface area (Å²) in [5.74, 6) is -3.20. The van der Waals surface area contributed by atoms with Gasteiger partial charge in [-0.2, -0.15) is 0 Å². The minimum atomic E-state index is -1.21. The molecule has 2 aromatic rings. The maximum absolute atomic E-state index is 14.7. The number of esters is 1. The van der Waals surface area contributed by atoms with Crippen molar-refractivity contribution < 1.29 is 33.8 Å². The van der Waals surface area contributed by atoms with Gasteiger partial charge in [0, 0.05) is 36.8 Å². The number of halogens is 1. The number of allylic oxidation sites excluding steroid dienone is 1. The number of ether oxygens (including phenoxy) is 2. The van der Waals surface area contributed by atoms with Crippen molar-refractivity contribution in [3.8, 4) is 0 Å². The molecule has 0 unspecified atom stereocenters. The molecule has 3 aliphatic heterocycles. The number of rotatable bonds is 18. The van der Waals surface area contributed by atoms with E-state index in [1.165, 1.54) is 0 Å². The summed E-state index contributed by atoms with van der Waals surface area (Å²) in [5.41, 5.74) is 0.103. The highest BCUT2D eigenvalue weighted by Gasteiger charge is 2.75. The summed E-state index contributed by atoms with van der Waals surface area (Å²) in [6.45, 7) is 8.18. The number of hydrogen-bond acceptors (Lipinski definition) is 7. The normalized spacial score (nSPS) is 24.3. The number of unbranched alkanes of at least 4 members (excludes halogenated alkanes) is 3. The number of likely N-dealkylation sites (tertiary alicyclic amines) is 1. The first-order valence-corrected chi connectivity index (χ1v) is 17.5. The molecule has 262 valence electrons. The zero-order valence-corrected chi connectivity index (χ0v) is 28.6. The summed E-state index contributed by atoms with van der Waals surface area (Å²) < 4.78 is 12.8. The Morgan fingerprint density at radius 2 is 1.82 bits per heavy atom. The van der Waals surface area contributed by atoms with Gasteiger partial charge in [-0.05, 0) is 61.9 Å². The van der Waals surface area contributed by atoms with Crippen molar-refractivity contribution in [3.63, 3.8) is 0 Å². The van der Waals surface area contributed by atoms with Gasteiger partial charge in [0.2, 0.25) is 11.8 Å². The Morgan fingerprint density at radius 3 is 2.51 bits per heavy atom. The molecule has 1 spiro atoms. The number of nitrogens with zero attached hydrogens (tertiary/aromatic N) is 2. The second-order valence-corrected chi connectivity index (χ2v) is 13.3. The molecule has 0 aliphatic carbocycles. The van der Waals surface area contributed by atoms with Gasteiger partial charge in [-0.3, -0.25) is 19.2 Å². The molecule has 3 saturated heterocycles. The van der Waals surface area contributed by atoms with Crippen LogP contribution in [0.3, 0.4) is 0 Å². The van der Waals surface area contributed by atoms with Crippen LogP contribution in [0, 0.1) is 11.8 Å². The number of fused-ring (bicyclic) bond motifs is 1. The lowest BCUT2D eigenvalue weighted by atomic mass is 9.70. The van der Waals surface area contributed by atoms with E-state index in [2.05, 4.69) is 18.5 Å². The summed E-state index contributed by atoms with van der Waals surface area (Å²) >= 11 is 6.15. The molecule has 2 bridgehead atoms. The molecule has 2 aromatic carbocycles. The third-order valence-electron chi connectivity index (χ3n) is 9.82. The van der Waals surface area contributed by atoms with Gasteiger partial charge in [0.1, 0.15) is 17.7 Å². The lowest BCUT2D eigenvalue weighted by Gasteiger charge is -2.36. The number of hydrogen-bond donors (Lipinski definition) is 2. The van der Waals surface area contributed by atoms with Crippen LogP contribution < -0.4 is 10.2 Å². The average molecular weight is 692 g/mol. The Kier molecular flexibility index (Phi) is 12.3. The molecule has 3 fully saturated rings. The molecule has 0 saturated carbocycles. The number of benzene rings is 2. The number of aliphatic hydroxyl groups is 1. The van der Waals surface area contributed by atoms with Crippen LogP contribution in [0.4, 0.5) is 5.69 Å². The molecule has 6 atom stereocenters. The van der Waals surface area contributed by atoms with E-state index in [0.717, 1.165) is 12.8 Å². The third kappa shape index (κ3) is 7.77. The number of amides is 3. The van der Waals surface area contributed by atoms with Gasteiger partial charge >= 0.3 is 5.97 Å². The summed E-state index contributed by atoms with van der Waals surface area (Å²) in [7, 11) is 0. The molecule has 3 amide bonds. The molecule has 3 heterocycles. The van der Waals surface area contributed by atoms with Crippen LogP contribution in [0.25, 0.3) is 0 Å². The van der Waals surface area contributed by atoms with E-state index in [4.69, 9.17) is 21.1 Å². The van der Waals surface area contributed by atoms with Crippen molar-refractivity contribution in [1.29, 1.82) is 0 Å². The van der Waals surface area contributed by atoms with Crippen molar-refractivity contribution in [2.45, 2.75) is 75.2 Å². The fourth-order valence-corrected chi connectivity index (χ4v) is 7.68. The Morgan fingerprint density at radius 1 is 1.08 bits per heavy atom. The van der Waals surface area contributed by atoms with Crippen LogP contribution in [-0.2, 0) is 28.7 Å². The van der Waals surface area contributed by atoms with Crippen molar-refractivity contribution in [1.82, 2.24) is 10.2 Å². The monoisotopic (exact) mass is 691 g/mol. The largest absolute Gasteiger partial charge is 0.455 e. The molecule has 5 rings (SSSR count). The number of carbonyl (C=O) groups excluding carboxylic acids is 4. The van der Waals surface area contributed by atoms with Crippen LogP contribution in [0.1, 0.15) is 63.0 Å². The SMILES string of the molecule is C=CCCC(=O)NC[C@@H](OC(=O)[C@@H]1[C@@H]2CC[C@]3(O2)[C@H](C(=O)N(CC=C)c2ccc(Cl)cc2)N(CCCCCCO)C(=O)[C@@H]13)c1ccccc1. The van der Waals surface area contributed by atoms with E-state index in [-0.39, 0.29) is 43.8 Å². The summed E-state index contributed by atoms with van der Waals surface area (Å²) in [6.07, 6.45) is 6.48. The zero-order chi connectivity index (χ0) is 35.0. The first-order chi connectivity index (χ1) is 23.7. The minimum Gasteiger partial charge on any atom is -0.455 e. The van der Waals surface area contributed by atoms with Crippen LogP contribution in [0.2, 0.25) is 5.02 Å². The first kappa shape index (κ1) is 36.3. The van der Waals surface area contributed by atoms with Crippen LogP contribution in [0.15, 0.2) is 79.9 Å². The molecule has 3 aliphatic rings. The minimum absolute atomic E-state index is 0.0619. The Hall–Kier alpha value is -3.99. The van der Waals surface area contributed by atoms with Gasteiger partial charge in [0.05, 0.1) is 24.5 Å². The Labute approximate surface area is 293 Å². The fraction of sp³-hybridized carbons (Fsp3) is 0.474. The van der Waals surface area contributed by atoms with Crippen LogP contribution in [-0.4, -0.2) is 77.7 Å². The van der Waals surface area contributed by atoms with E-state index >= 15 is 0 Å². The van der Waals surface area contributed by atoms with Crippen molar-refractivity contribution in [2.75, 3.05) is 31.1 Å². The van der Waals surface area contributed by atoms with Gasteiger partial charge in [-0.15, -0.1) is 13.2 Å². The van der Waals surface area contributed by atoms with Crippen LogP contribution in [0.5, 0.6) is 0 Å². The fourth-order valence-electron chi connectivity index (χ4n) is 7.55.